The molecule has 1 aliphatic heterocycles. The van der Waals surface area contributed by atoms with Crippen LogP contribution in [0.1, 0.15) is 17.5 Å². The van der Waals surface area contributed by atoms with Gasteiger partial charge in [0.25, 0.3) is 0 Å². The quantitative estimate of drug-likeness (QED) is 0.598. The lowest BCUT2D eigenvalue weighted by molar-refractivity contribution is 0.399. The molecule has 1 aliphatic rings. The lowest BCUT2D eigenvalue weighted by atomic mass is 10.0. The van der Waals surface area contributed by atoms with Crippen molar-refractivity contribution >= 4 is 11.5 Å². The predicted octanol–water partition coefficient (Wildman–Crippen LogP) is 4.05. The molecule has 29 heavy (non-hydrogen) atoms. The smallest absolute Gasteiger partial charge is 0.138 e. The summed E-state index contributed by atoms with van der Waals surface area (Å²) >= 11 is 0. The first-order chi connectivity index (χ1) is 14.2. The molecule has 1 saturated heterocycles. The first kappa shape index (κ1) is 19.1. The van der Waals surface area contributed by atoms with Crippen molar-refractivity contribution in [2.75, 3.05) is 32.0 Å². The Morgan fingerprint density at radius 3 is 2.62 bits per heavy atom. The van der Waals surface area contributed by atoms with Gasteiger partial charge in [0, 0.05) is 24.8 Å². The van der Waals surface area contributed by atoms with Crippen LogP contribution in [0.15, 0.2) is 67.1 Å². The van der Waals surface area contributed by atoms with Gasteiger partial charge in [-0.25, -0.2) is 9.97 Å². The van der Waals surface area contributed by atoms with Crippen LogP contribution in [0.4, 0.5) is 5.82 Å². The Kier molecular flexibility index (Phi) is 5.81. The number of hydrogen-bond donors (Lipinski definition) is 2. The molecule has 1 aromatic heterocycles. The van der Waals surface area contributed by atoms with Crippen molar-refractivity contribution in [3.05, 3.63) is 78.2 Å². The number of anilines is 1. The molecule has 0 amide bonds. The van der Waals surface area contributed by atoms with E-state index in [0.717, 1.165) is 36.7 Å². The summed E-state index contributed by atoms with van der Waals surface area (Å²) in [4.78, 5) is 10.9. The van der Waals surface area contributed by atoms with Gasteiger partial charge >= 0.3 is 0 Å². The molecule has 0 spiro atoms. The van der Waals surface area contributed by atoms with E-state index in [1.807, 2.05) is 54.6 Å². The highest BCUT2D eigenvalue weighted by Gasteiger charge is 2.20. The Bertz CT molecular complexity index is 959. The maximum atomic E-state index is 8.65. The van der Waals surface area contributed by atoms with Crippen LogP contribution in [0.2, 0.25) is 0 Å². The number of nitrogens with one attached hydrogen (secondary N) is 2. The summed E-state index contributed by atoms with van der Waals surface area (Å²) in [5.74, 6) is 2.84. The third kappa shape index (κ3) is 4.78. The molecule has 1 fully saturated rings. The second-order valence-corrected chi connectivity index (χ2v) is 7.40. The van der Waals surface area contributed by atoms with E-state index < -0.39 is 0 Å². The average Bonchev–Trinajstić information content (AvgIpc) is 3.18. The molecule has 0 saturated carbocycles. The van der Waals surface area contributed by atoms with Gasteiger partial charge in [-0.15, -0.1) is 0 Å². The molecule has 2 N–H and O–H groups in total. The van der Waals surface area contributed by atoms with Gasteiger partial charge in [0.05, 0.1) is 11.3 Å². The minimum Gasteiger partial charge on any atom is -0.457 e. The van der Waals surface area contributed by atoms with Crippen molar-refractivity contribution in [1.82, 2.24) is 14.9 Å². The zero-order valence-electron chi connectivity index (χ0n) is 16.5. The number of rotatable bonds is 7. The summed E-state index contributed by atoms with van der Waals surface area (Å²) in [5, 5.41) is 12.1. The van der Waals surface area contributed by atoms with Crippen LogP contribution < -0.4 is 10.1 Å². The lowest BCUT2D eigenvalue weighted by Gasteiger charge is -2.15. The number of ether oxygens (including phenoxy) is 1. The third-order valence-electron chi connectivity index (χ3n) is 5.15. The second kappa shape index (κ2) is 8.84. The Balaban J connectivity index is 1.45. The zero-order valence-corrected chi connectivity index (χ0v) is 16.5. The molecule has 0 bridgehead atoms. The molecule has 148 valence electrons. The highest BCUT2D eigenvalue weighted by Crippen LogP contribution is 2.23. The van der Waals surface area contributed by atoms with Crippen LogP contribution in [-0.2, 0) is 0 Å². The van der Waals surface area contributed by atoms with Gasteiger partial charge in [-0.3, -0.25) is 5.41 Å². The molecule has 6 heteroatoms. The highest BCUT2D eigenvalue weighted by molar-refractivity contribution is 6.13. The van der Waals surface area contributed by atoms with Gasteiger partial charge in [0.1, 0.15) is 23.6 Å². The molecule has 1 unspecified atom stereocenters. The highest BCUT2D eigenvalue weighted by atomic mass is 16.5. The topological polar surface area (TPSA) is 74.1 Å². The molecule has 4 rings (SSSR count). The van der Waals surface area contributed by atoms with Crippen molar-refractivity contribution in [2.45, 2.75) is 6.42 Å². The Morgan fingerprint density at radius 2 is 1.90 bits per heavy atom. The number of aromatic nitrogens is 2. The SMILES string of the molecule is CN1CCC(CNc2ncncc2C(=N)c2ccc(Oc3ccccc3)cc2)C1. The second-order valence-electron chi connectivity index (χ2n) is 7.40. The van der Waals surface area contributed by atoms with E-state index in [0.29, 0.717) is 23.0 Å². The Morgan fingerprint density at radius 1 is 1.14 bits per heavy atom. The predicted molar refractivity (Wildman–Crippen MR) is 115 cm³/mol. The van der Waals surface area contributed by atoms with Gasteiger partial charge < -0.3 is 15.0 Å². The number of likely N-dealkylation sites (tertiary alicyclic amines) is 1. The summed E-state index contributed by atoms with van der Waals surface area (Å²) in [6, 6.07) is 17.2. The molecule has 0 radical (unpaired) electrons. The van der Waals surface area contributed by atoms with Crippen molar-refractivity contribution in [2.24, 2.45) is 5.92 Å². The van der Waals surface area contributed by atoms with Gasteiger partial charge in [-0.1, -0.05) is 18.2 Å². The molecular weight excluding hydrogens is 362 g/mol. The van der Waals surface area contributed by atoms with Crippen LogP contribution >= 0.6 is 0 Å². The Hall–Kier alpha value is -3.25. The molecule has 1 atom stereocenters. The first-order valence-corrected chi connectivity index (χ1v) is 9.84. The van der Waals surface area contributed by atoms with E-state index in [1.54, 1.807) is 6.20 Å². The van der Waals surface area contributed by atoms with Gasteiger partial charge in [-0.05, 0) is 62.3 Å². The number of nitrogens with zero attached hydrogens (tertiary/aromatic N) is 3. The molecule has 2 aromatic carbocycles. The molecule has 3 aromatic rings. The van der Waals surface area contributed by atoms with Crippen molar-refractivity contribution in [3.8, 4) is 11.5 Å². The normalized spacial score (nSPS) is 16.5. The largest absolute Gasteiger partial charge is 0.457 e. The van der Waals surface area contributed by atoms with Crippen molar-refractivity contribution in [1.29, 1.82) is 5.41 Å². The van der Waals surface area contributed by atoms with Crippen LogP contribution in [0.3, 0.4) is 0 Å². The minimum atomic E-state index is 0.392. The minimum absolute atomic E-state index is 0.392. The molecule has 2 heterocycles. The van der Waals surface area contributed by atoms with E-state index >= 15 is 0 Å². The molecule has 0 aliphatic carbocycles. The van der Waals surface area contributed by atoms with Crippen LogP contribution in [0, 0.1) is 11.3 Å². The number of benzene rings is 2. The first-order valence-electron chi connectivity index (χ1n) is 9.84. The van der Waals surface area contributed by atoms with E-state index in [9.17, 15) is 0 Å². The summed E-state index contributed by atoms with van der Waals surface area (Å²) in [6.45, 7) is 3.08. The fraction of sp³-hybridized carbons (Fsp3) is 0.261. The van der Waals surface area contributed by atoms with E-state index in [2.05, 4.69) is 27.2 Å². The Labute approximate surface area is 171 Å². The maximum Gasteiger partial charge on any atom is 0.138 e. The number of hydrogen-bond acceptors (Lipinski definition) is 6. The summed E-state index contributed by atoms with van der Waals surface area (Å²) in [7, 11) is 2.15. The standard InChI is InChI=1S/C23H25N5O/c1-28-12-11-17(15-28)13-26-23-21(14-25-16-27-23)22(24)18-7-9-20(10-8-18)29-19-5-3-2-4-6-19/h2-10,14,16-17,24H,11-13,15H2,1H3,(H,25,26,27). The summed E-state index contributed by atoms with van der Waals surface area (Å²) in [5.41, 5.74) is 1.89. The van der Waals surface area contributed by atoms with Crippen LogP contribution in [0.25, 0.3) is 0 Å². The van der Waals surface area contributed by atoms with E-state index in [4.69, 9.17) is 10.1 Å². The van der Waals surface area contributed by atoms with Crippen LogP contribution in [-0.4, -0.2) is 47.3 Å². The maximum absolute atomic E-state index is 8.65. The fourth-order valence-electron chi connectivity index (χ4n) is 3.56. The van der Waals surface area contributed by atoms with E-state index in [1.165, 1.54) is 12.7 Å². The lowest BCUT2D eigenvalue weighted by Crippen LogP contribution is -2.20. The average molecular weight is 387 g/mol. The fourth-order valence-corrected chi connectivity index (χ4v) is 3.56. The van der Waals surface area contributed by atoms with Gasteiger partial charge in [0.2, 0.25) is 0 Å². The molecule has 6 nitrogen and oxygen atoms in total. The van der Waals surface area contributed by atoms with E-state index in [-0.39, 0.29) is 0 Å². The van der Waals surface area contributed by atoms with Gasteiger partial charge in [0.15, 0.2) is 0 Å². The molecular formula is C23H25N5O. The third-order valence-corrected chi connectivity index (χ3v) is 5.15. The summed E-state index contributed by atoms with van der Waals surface area (Å²) in [6.07, 6.45) is 4.41. The zero-order chi connectivity index (χ0) is 20.1. The van der Waals surface area contributed by atoms with Gasteiger partial charge in [-0.2, -0.15) is 0 Å². The van der Waals surface area contributed by atoms with Crippen molar-refractivity contribution in [3.63, 3.8) is 0 Å². The van der Waals surface area contributed by atoms with Crippen molar-refractivity contribution < 1.29 is 4.74 Å². The summed E-state index contributed by atoms with van der Waals surface area (Å²) < 4.78 is 5.84. The van der Waals surface area contributed by atoms with Crippen LogP contribution in [0.5, 0.6) is 11.5 Å². The number of para-hydroxylation sites is 1. The monoisotopic (exact) mass is 387 g/mol.